The molecule has 0 aliphatic rings. The standard InChI is InChI=1S/C15H10BrClN2OS/c16-11-3-2-10(7-12(11)17)19-15(20)14-6-8-5-9(18)1-4-13(8)21-14/h1-7H,18H2,(H,19,20). The summed E-state index contributed by atoms with van der Waals surface area (Å²) in [6.45, 7) is 0. The van der Waals surface area contributed by atoms with Crippen LogP contribution in [-0.2, 0) is 0 Å². The highest BCUT2D eigenvalue weighted by Gasteiger charge is 2.11. The van der Waals surface area contributed by atoms with Crippen LogP contribution in [0.15, 0.2) is 46.9 Å². The molecule has 2 aromatic carbocycles. The minimum absolute atomic E-state index is 0.159. The van der Waals surface area contributed by atoms with Gasteiger partial charge in [-0.1, -0.05) is 11.6 Å². The summed E-state index contributed by atoms with van der Waals surface area (Å²) in [5.41, 5.74) is 7.09. The van der Waals surface area contributed by atoms with Gasteiger partial charge in [0.2, 0.25) is 0 Å². The van der Waals surface area contributed by atoms with Gasteiger partial charge in [-0.05, 0) is 63.8 Å². The Hall–Kier alpha value is -1.56. The fourth-order valence-corrected chi connectivity index (χ4v) is 3.31. The van der Waals surface area contributed by atoms with Gasteiger partial charge in [-0.2, -0.15) is 0 Å². The van der Waals surface area contributed by atoms with E-state index in [2.05, 4.69) is 21.2 Å². The average Bonchev–Trinajstić information content (AvgIpc) is 2.86. The number of rotatable bonds is 2. The van der Waals surface area contributed by atoms with Crippen LogP contribution in [0, 0.1) is 0 Å². The third-order valence-corrected chi connectivity index (χ3v) is 5.29. The van der Waals surface area contributed by atoms with Crippen molar-refractivity contribution in [3.8, 4) is 0 Å². The maximum atomic E-state index is 12.3. The van der Waals surface area contributed by atoms with E-state index in [9.17, 15) is 4.79 Å². The van der Waals surface area contributed by atoms with Crippen LogP contribution in [0.2, 0.25) is 5.02 Å². The highest BCUT2D eigenvalue weighted by atomic mass is 79.9. The zero-order valence-corrected chi connectivity index (χ0v) is 13.8. The van der Waals surface area contributed by atoms with Crippen molar-refractivity contribution in [2.24, 2.45) is 0 Å². The lowest BCUT2D eigenvalue weighted by atomic mass is 10.2. The quantitative estimate of drug-likeness (QED) is 0.603. The highest BCUT2D eigenvalue weighted by Crippen LogP contribution is 2.29. The smallest absolute Gasteiger partial charge is 0.265 e. The molecule has 1 aromatic heterocycles. The Bertz CT molecular complexity index is 847. The number of fused-ring (bicyclic) bond motifs is 1. The summed E-state index contributed by atoms with van der Waals surface area (Å²) in [7, 11) is 0. The molecule has 0 aliphatic carbocycles. The van der Waals surface area contributed by atoms with Gasteiger partial charge in [0.05, 0.1) is 9.90 Å². The molecule has 0 aliphatic heterocycles. The Kier molecular flexibility index (Phi) is 3.89. The Morgan fingerprint density at radius 3 is 2.76 bits per heavy atom. The third-order valence-electron chi connectivity index (χ3n) is 2.94. The van der Waals surface area contributed by atoms with Crippen molar-refractivity contribution >= 4 is 66.2 Å². The van der Waals surface area contributed by atoms with Crippen molar-refractivity contribution in [3.05, 3.63) is 56.8 Å². The number of nitrogen functional groups attached to an aromatic ring is 1. The summed E-state index contributed by atoms with van der Waals surface area (Å²) in [6, 6.07) is 12.7. The summed E-state index contributed by atoms with van der Waals surface area (Å²) in [5, 5.41) is 4.36. The third kappa shape index (κ3) is 3.05. The van der Waals surface area contributed by atoms with E-state index in [1.54, 1.807) is 18.2 Å². The van der Waals surface area contributed by atoms with E-state index in [0.717, 1.165) is 14.6 Å². The lowest BCUT2D eigenvalue weighted by Crippen LogP contribution is -2.09. The molecule has 0 spiro atoms. The molecule has 0 unspecified atom stereocenters. The molecule has 1 amide bonds. The topological polar surface area (TPSA) is 55.1 Å². The molecule has 6 heteroatoms. The van der Waals surface area contributed by atoms with E-state index in [4.69, 9.17) is 17.3 Å². The number of nitrogens with one attached hydrogen (secondary N) is 1. The van der Waals surface area contributed by atoms with Gasteiger partial charge < -0.3 is 11.1 Å². The van der Waals surface area contributed by atoms with Crippen molar-refractivity contribution in [3.63, 3.8) is 0 Å². The van der Waals surface area contributed by atoms with E-state index in [0.29, 0.717) is 21.3 Å². The molecule has 3 N–H and O–H groups in total. The maximum absolute atomic E-state index is 12.3. The molecule has 0 saturated carbocycles. The maximum Gasteiger partial charge on any atom is 0.265 e. The molecular formula is C15H10BrClN2OS. The molecule has 3 aromatic rings. The first-order valence-corrected chi connectivity index (χ1v) is 8.07. The second-order valence-electron chi connectivity index (χ2n) is 4.49. The normalized spacial score (nSPS) is 10.8. The molecule has 0 radical (unpaired) electrons. The van der Waals surface area contributed by atoms with Crippen molar-refractivity contribution in [2.45, 2.75) is 0 Å². The fraction of sp³-hybridized carbons (Fsp3) is 0. The van der Waals surface area contributed by atoms with Crippen LogP contribution in [0.4, 0.5) is 11.4 Å². The molecule has 1 heterocycles. The van der Waals surface area contributed by atoms with Crippen LogP contribution < -0.4 is 11.1 Å². The molecule has 106 valence electrons. The number of nitrogens with two attached hydrogens (primary N) is 1. The van der Waals surface area contributed by atoms with Gasteiger partial charge in [-0.15, -0.1) is 11.3 Å². The van der Waals surface area contributed by atoms with Crippen molar-refractivity contribution < 1.29 is 4.79 Å². The van der Waals surface area contributed by atoms with Gasteiger partial charge >= 0.3 is 0 Å². The van der Waals surface area contributed by atoms with E-state index in [1.807, 2.05) is 24.3 Å². The molecule has 0 bridgehead atoms. The molecule has 0 atom stereocenters. The minimum Gasteiger partial charge on any atom is -0.399 e. The van der Waals surface area contributed by atoms with Crippen LogP contribution in [0.1, 0.15) is 9.67 Å². The molecular weight excluding hydrogens is 372 g/mol. The first-order valence-electron chi connectivity index (χ1n) is 6.08. The van der Waals surface area contributed by atoms with Gasteiger partial charge in [0, 0.05) is 20.5 Å². The van der Waals surface area contributed by atoms with E-state index < -0.39 is 0 Å². The predicted molar refractivity (Wildman–Crippen MR) is 93.3 cm³/mol. The second kappa shape index (κ2) is 5.67. The number of hydrogen-bond acceptors (Lipinski definition) is 3. The van der Waals surface area contributed by atoms with E-state index in [-0.39, 0.29) is 5.91 Å². The lowest BCUT2D eigenvalue weighted by molar-refractivity contribution is 0.103. The number of benzene rings is 2. The largest absolute Gasteiger partial charge is 0.399 e. The van der Waals surface area contributed by atoms with Crippen LogP contribution in [0.5, 0.6) is 0 Å². The van der Waals surface area contributed by atoms with Crippen LogP contribution in [0.25, 0.3) is 10.1 Å². The predicted octanol–water partition coefficient (Wildman–Crippen LogP) is 5.15. The number of halogens is 2. The van der Waals surface area contributed by atoms with Crippen LogP contribution >= 0.6 is 38.9 Å². The first kappa shape index (κ1) is 14.4. The van der Waals surface area contributed by atoms with Gasteiger partial charge in [-0.25, -0.2) is 0 Å². The Balaban J connectivity index is 1.87. The van der Waals surface area contributed by atoms with Gasteiger partial charge in [0.1, 0.15) is 0 Å². The highest BCUT2D eigenvalue weighted by molar-refractivity contribution is 9.10. The molecule has 3 rings (SSSR count). The summed E-state index contributed by atoms with van der Waals surface area (Å²) in [6.07, 6.45) is 0. The first-order chi connectivity index (χ1) is 10.0. The van der Waals surface area contributed by atoms with Gasteiger partial charge in [0.25, 0.3) is 5.91 Å². The molecule has 0 saturated heterocycles. The summed E-state index contributed by atoms with van der Waals surface area (Å²) in [4.78, 5) is 12.9. The van der Waals surface area contributed by atoms with Crippen LogP contribution in [0.3, 0.4) is 0 Å². The van der Waals surface area contributed by atoms with E-state index in [1.165, 1.54) is 11.3 Å². The number of hydrogen-bond donors (Lipinski definition) is 2. The minimum atomic E-state index is -0.159. The summed E-state index contributed by atoms with van der Waals surface area (Å²) >= 11 is 10.8. The SMILES string of the molecule is Nc1ccc2sc(C(=O)Nc3ccc(Br)c(Cl)c3)cc2c1. The Morgan fingerprint density at radius 2 is 2.00 bits per heavy atom. The number of carbonyl (C=O) groups excluding carboxylic acids is 1. The zero-order valence-electron chi connectivity index (χ0n) is 10.7. The summed E-state index contributed by atoms with van der Waals surface area (Å²) < 4.78 is 1.82. The monoisotopic (exact) mass is 380 g/mol. The number of carbonyl (C=O) groups is 1. The van der Waals surface area contributed by atoms with Crippen LogP contribution in [-0.4, -0.2) is 5.91 Å². The second-order valence-corrected chi connectivity index (χ2v) is 6.84. The Labute approximate surface area is 138 Å². The lowest BCUT2D eigenvalue weighted by Gasteiger charge is -2.04. The fourth-order valence-electron chi connectivity index (χ4n) is 1.94. The Morgan fingerprint density at radius 1 is 1.19 bits per heavy atom. The number of anilines is 2. The average molecular weight is 382 g/mol. The summed E-state index contributed by atoms with van der Waals surface area (Å²) in [5.74, 6) is -0.159. The molecule has 21 heavy (non-hydrogen) atoms. The van der Waals surface area contributed by atoms with E-state index >= 15 is 0 Å². The number of thiophene rings is 1. The van der Waals surface area contributed by atoms with Gasteiger partial charge in [0.15, 0.2) is 0 Å². The zero-order chi connectivity index (χ0) is 15.0. The van der Waals surface area contributed by atoms with Gasteiger partial charge in [-0.3, -0.25) is 4.79 Å². The molecule has 3 nitrogen and oxygen atoms in total. The van der Waals surface area contributed by atoms with Crippen molar-refractivity contribution in [1.29, 1.82) is 0 Å². The van der Waals surface area contributed by atoms with Crippen molar-refractivity contribution in [2.75, 3.05) is 11.1 Å². The molecule has 0 fully saturated rings. The number of amides is 1. The van der Waals surface area contributed by atoms with Crippen molar-refractivity contribution in [1.82, 2.24) is 0 Å².